The third-order valence-electron chi connectivity index (χ3n) is 5.34. The van der Waals surface area contributed by atoms with Gasteiger partial charge in [-0.1, -0.05) is 42.3 Å². The first-order valence-corrected chi connectivity index (χ1v) is 10.9. The van der Waals surface area contributed by atoms with Gasteiger partial charge < -0.3 is 5.32 Å². The van der Waals surface area contributed by atoms with Crippen LogP contribution in [-0.4, -0.2) is 38.9 Å². The molecule has 3 aromatic rings. The summed E-state index contributed by atoms with van der Waals surface area (Å²) in [4.78, 5) is 38.2. The standard InChI is InChI=1S/C24H23ClN4O3/c25-18-11-9-17(10-12-18)15-28-16-19(14-26-28)27-22(30)8-2-1-5-13-29-23(31)20-6-3-4-7-21(20)24(29)32/h3-4,6-7,9-12,14,16H,1-2,5,8,13,15H2,(H,27,30). The first-order valence-electron chi connectivity index (χ1n) is 10.5. The van der Waals surface area contributed by atoms with E-state index in [4.69, 9.17) is 11.6 Å². The third kappa shape index (κ3) is 5.06. The molecule has 164 valence electrons. The first-order chi connectivity index (χ1) is 15.5. The summed E-state index contributed by atoms with van der Waals surface area (Å²) in [6.07, 6.45) is 5.86. The molecule has 32 heavy (non-hydrogen) atoms. The minimum atomic E-state index is -0.237. The van der Waals surface area contributed by atoms with Gasteiger partial charge in [0.2, 0.25) is 5.91 Å². The molecule has 0 fully saturated rings. The molecule has 0 unspecified atom stereocenters. The predicted octanol–water partition coefficient (Wildman–Crippen LogP) is 4.38. The van der Waals surface area contributed by atoms with Gasteiger partial charge in [0.15, 0.2) is 0 Å². The highest BCUT2D eigenvalue weighted by molar-refractivity contribution is 6.30. The number of anilines is 1. The van der Waals surface area contributed by atoms with Crippen molar-refractivity contribution in [2.45, 2.75) is 32.2 Å². The SMILES string of the molecule is O=C(CCCCCN1C(=O)c2ccccc2C1=O)Nc1cnn(Cc2ccc(Cl)cc2)c1. The second-order valence-corrected chi connectivity index (χ2v) is 8.16. The Labute approximate surface area is 191 Å². The number of hydrogen-bond acceptors (Lipinski definition) is 4. The van der Waals surface area contributed by atoms with Crippen LogP contribution in [0, 0.1) is 0 Å². The number of carbonyl (C=O) groups excluding carboxylic acids is 3. The lowest BCUT2D eigenvalue weighted by atomic mass is 10.1. The second kappa shape index (κ2) is 9.78. The van der Waals surface area contributed by atoms with Crippen molar-refractivity contribution >= 4 is 35.0 Å². The van der Waals surface area contributed by atoms with Gasteiger partial charge in [-0.15, -0.1) is 0 Å². The van der Waals surface area contributed by atoms with Crippen molar-refractivity contribution in [2.75, 3.05) is 11.9 Å². The predicted molar refractivity (Wildman–Crippen MR) is 122 cm³/mol. The smallest absolute Gasteiger partial charge is 0.261 e. The molecule has 8 heteroatoms. The number of rotatable bonds is 9. The number of unbranched alkanes of at least 4 members (excludes halogenated alkanes) is 2. The number of nitrogens with one attached hydrogen (secondary N) is 1. The number of aromatic nitrogens is 2. The fraction of sp³-hybridized carbons (Fsp3) is 0.250. The highest BCUT2D eigenvalue weighted by atomic mass is 35.5. The van der Waals surface area contributed by atoms with Crippen LogP contribution in [0.3, 0.4) is 0 Å². The first kappa shape index (κ1) is 21.8. The van der Waals surface area contributed by atoms with Crippen molar-refractivity contribution in [3.8, 4) is 0 Å². The van der Waals surface area contributed by atoms with Gasteiger partial charge >= 0.3 is 0 Å². The highest BCUT2D eigenvalue weighted by Crippen LogP contribution is 2.23. The van der Waals surface area contributed by atoms with Crippen molar-refractivity contribution in [3.63, 3.8) is 0 Å². The minimum Gasteiger partial charge on any atom is -0.323 e. The van der Waals surface area contributed by atoms with Gasteiger partial charge in [0, 0.05) is 24.2 Å². The van der Waals surface area contributed by atoms with Crippen LogP contribution >= 0.6 is 11.6 Å². The van der Waals surface area contributed by atoms with Gasteiger partial charge in [0.25, 0.3) is 11.8 Å². The van der Waals surface area contributed by atoms with Crippen LogP contribution in [0.1, 0.15) is 52.0 Å². The number of hydrogen-bond donors (Lipinski definition) is 1. The molecule has 7 nitrogen and oxygen atoms in total. The molecule has 2 aromatic carbocycles. The average Bonchev–Trinajstić information content (AvgIpc) is 3.32. The van der Waals surface area contributed by atoms with E-state index >= 15 is 0 Å². The van der Waals surface area contributed by atoms with Crippen LogP contribution in [0.2, 0.25) is 5.02 Å². The molecule has 3 amide bonds. The Morgan fingerprint density at radius 1 is 0.938 bits per heavy atom. The molecule has 0 saturated heterocycles. The lowest BCUT2D eigenvalue weighted by Crippen LogP contribution is -2.30. The molecule has 0 atom stereocenters. The Balaban J connectivity index is 1.16. The van der Waals surface area contributed by atoms with E-state index in [1.165, 1.54) is 4.90 Å². The van der Waals surface area contributed by atoms with E-state index in [1.54, 1.807) is 41.3 Å². The molecular weight excluding hydrogens is 428 g/mol. The van der Waals surface area contributed by atoms with Gasteiger partial charge in [0.05, 0.1) is 29.6 Å². The Bertz CT molecular complexity index is 1110. The van der Waals surface area contributed by atoms with Crippen LogP contribution in [-0.2, 0) is 11.3 Å². The van der Waals surface area contributed by atoms with E-state index in [-0.39, 0.29) is 17.7 Å². The van der Waals surface area contributed by atoms with Gasteiger partial charge in [-0.05, 0) is 42.7 Å². The fourth-order valence-corrected chi connectivity index (χ4v) is 3.82. The number of amides is 3. The second-order valence-electron chi connectivity index (χ2n) is 7.72. The van der Waals surface area contributed by atoms with Gasteiger partial charge in [-0.2, -0.15) is 5.10 Å². The van der Waals surface area contributed by atoms with Crippen LogP contribution in [0.25, 0.3) is 0 Å². The molecule has 1 N–H and O–H groups in total. The van der Waals surface area contributed by atoms with E-state index in [0.717, 1.165) is 12.0 Å². The summed E-state index contributed by atoms with van der Waals surface area (Å²) in [6.45, 7) is 0.955. The maximum Gasteiger partial charge on any atom is 0.261 e. The van der Waals surface area contributed by atoms with E-state index in [2.05, 4.69) is 10.4 Å². The summed E-state index contributed by atoms with van der Waals surface area (Å²) < 4.78 is 1.75. The van der Waals surface area contributed by atoms with Crippen molar-refractivity contribution in [1.29, 1.82) is 0 Å². The molecule has 0 radical (unpaired) electrons. The molecule has 0 aliphatic carbocycles. The molecule has 1 aromatic heterocycles. The van der Waals surface area contributed by atoms with Crippen molar-refractivity contribution < 1.29 is 14.4 Å². The van der Waals surface area contributed by atoms with Crippen LogP contribution in [0.5, 0.6) is 0 Å². The molecule has 0 saturated carbocycles. The Morgan fingerprint density at radius 3 is 2.31 bits per heavy atom. The maximum atomic E-state index is 12.3. The van der Waals surface area contributed by atoms with E-state index in [9.17, 15) is 14.4 Å². The molecule has 1 aliphatic heterocycles. The summed E-state index contributed by atoms with van der Waals surface area (Å²) in [5.74, 6) is -0.560. The average molecular weight is 451 g/mol. The fourth-order valence-electron chi connectivity index (χ4n) is 3.69. The summed E-state index contributed by atoms with van der Waals surface area (Å²) in [5.41, 5.74) is 2.64. The van der Waals surface area contributed by atoms with Gasteiger partial charge in [-0.25, -0.2) is 0 Å². The van der Waals surface area contributed by atoms with Crippen LogP contribution in [0.15, 0.2) is 60.9 Å². The molecule has 1 aliphatic rings. The van der Waals surface area contributed by atoms with E-state index in [0.29, 0.717) is 54.2 Å². The zero-order chi connectivity index (χ0) is 22.5. The highest BCUT2D eigenvalue weighted by Gasteiger charge is 2.34. The summed E-state index contributed by atoms with van der Waals surface area (Å²) in [5, 5.41) is 7.81. The Hall–Kier alpha value is -3.45. The Morgan fingerprint density at radius 2 is 1.62 bits per heavy atom. The lowest BCUT2D eigenvalue weighted by Gasteiger charge is -2.13. The van der Waals surface area contributed by atoms with Gasteiger partial charge in [0.1, 0.15) is 0 Å². The van der Waals surface area contributed by atoms with E-state index in [1.807, 2.05) is 24.3 Å². The van der Waals surface area contributed by atoms with Gasteiger partial charge in [-0.3, -0.25) is 24.0 Å². The lowest BCUT2D eigenvalue weighted by molar-refractivity contribution is -0.116. The molecule has 0 spiro atoms. The van der Waals surface area contributed by atoms with Crippen LogP contribution < -0.4 is 5.32 Å². The summed E-state index contributed by atoms with van der Waals surface area (Å²) >= 11 is 5.90. The molecular formula is C24H23ClN4O3. The van der Waals surface area contributed by atoms with E-state index < -0.39 is 0 Å². The number of imide groups is 1. The summed E-state index contributed by atoms with van der Waals surface area (Å²) in [6, 6.07) is 14.4. The largest absolute Gasteiger partial charge is 0.323 e. The zero-order valence-corrected chi connectivity index (χ0v) is 18.2. The number of nitrogens with zero attached hydrogens (tertiary/aromatic N) is 3. The van der Waals surface area contributed by atoms with Crippen molar-refractivity contribution in [2.24, 2.45) is 0 Å². The number of halogens is 1. The molecule has 0 bridgehead atoms. The summed E-state index contributed by atoms with van der Waals surface area (Å²) in [7, 11) is 0. The normalized spacial score (nSPS) is 12.8. The van der Waals surface area contributed by atoms with Crippen molar-refractivity contribution in [1.82, 2.24) is 14.7 Å². The maximum absolute atomic E-state index is 12.3. The van der Waals surface area contributed by atoms with Crippen LogP contribution in [0.4, 0.5) is 5.69 Å². The minimum absolute atomic E-state index is 0.0863. The number of fused-ring (bicyclic) bond motifs is 1. The number of carbonyl (C=O) groups is 3. The molecule has 4 rings (SSSR count). The van der Waals surface area contributed by atoms with Crippen molar-refractivity contribution in [3.05, 3.63) is 82.6 Å². The quantitative estimate of drug-likeness (QED) is 0.387. The monoisotopic (exact) mass is 450 g/mol. The third-order valence-corrected chi connectivity index (χ3v) is 5.59. The Kier molecular flexibility index (Phi) is 6.66. The molecule has 2 heterocycles. The topological polar surface area (TPSA) is 84.3 Å². The zero-order valence-electron chi connectivity index (χ0n) is 17.5. The number of benzene rings is 2.